The Kier molecular flexibility index (Phi) is 8.06. The van der Waals surface area contributed by atoms with Crippen LogP contribution in [-0.2, 0) is 20.8 Å². The number of nitrogens with one attached hydrogen (secondary N) is 3. The van der Waals surface area contributed by atoms with Crippen molar-refractivity contribution in [2.24, 2.45) is 0 Å². The molecule has 3 rings (SSSR count). The van der Waals surface area contributed by atoms with Gasteiger partial charge in [0.2, 0.25) is 0 Å². The minimum atomic E-state index is -0.532. The maximum absolute atomic E-state index is 11.8. The predicted molar refractivity (Wildman–Crippen MR) is 129 cm³/mol. The summed E-state index contributed by atoms with van der Waals surface area (Å²) in [4.78, 5) is 28.1. The Balaban J connectivity index is 1.65. The molecule has 34 heavy (non-hydrogen) atoms. The third-order valence-corrected chi connectivity index (χ3v) is 4.87. The molecule has 0 unspecified atom stereocenters. The van der Waals surface area contributed by atoms with Crippen LogP contribution < -0.4 is 16.0 Å². The number of fused-ring (bicyclic) bond motifs is 1. The molecule has 0 fully saturated rings. The van der Waals surface area contributed by atoms with Crippen LogP contribution in [-0.4, -0.2) is 58.5 Å². The first-order chi connectivity index (χ1) is 16.2. The van der Waals surface area contributed by atoms with Crippen molar-refractivity contribution in [3.8, 4) is 11.1 Å². The van der Waals surface area contributed by atoms with Gasteiger partial charge >= 0.3 is 12.1 Å². The number of esters is 1. The molecule has 0 aliphatic carbocycles. The minimum Gasteiger partial charge on any atom is -0.468 e. The van der Waals surface area contributed by atoms with Crippen LogP contribution in [0, 0.1) is 0 Å². The highest BCUT2D eigenvalue weighted by atomic mass is 16.6. The lowest BCUT2D eigenvalue weighted by atomic mass is 10.1. The minimum absolute atomic E-state index is 0.302. The fraction of sp³-hybridized carbons (Fsp3) is 0.417. The molecule has 3 N–H and O–H groups in total. The van der Waals surface area contributed by atoms with Crippen LogP contribution in [0.2, 0.25) is 0 Å². The molecular formula is C24H32N6O4. The number of nitrogens with zero attached hydrogens (tertiary/aromatic N) is 3. The summed E-state index contributed by atoms with van der Waals surface area (Å²) in [7, 11) is 1.37. The van der Waals surface area contributed by atoms with E-state index in [0.29, 0.717) is 31.1 Å². The molecule has 0 bridgehead atoms. The number of methoxy groups -OCH3 is 1. The quantitative estimate of drug-likeness (QED) is 0.324. The summed E-state index contributed by atoms with van der Waals surface area (Å²) >= 11 is 0. The van der Waals surface area contributed by atoms with Crippen LogP contribution in [0.4, 0.5) is 10.6 Å². The number of alkyl carbamates (subject to hydrolysis) is 1. The fourth-order valence-electron chi connectivity index (χ4n) is 3.22. The van der Waals surface area contributed by atoms with Gasteiger partial charge in [-0.2, -0.15) is 5.10 Å². The first kappa shape index (κ1) is 25.0. The van der Waals surface area contributed by atoms with E-state index < -0.39 is 17.7 Å². The third-order valence-electron chi connectivity index (χ3n) is 4.87. The van der Waals surface area contributed by atoms with Crippen LogP contribution in [0.5, 0.6) is 0 Å². The Labute approximate surface area is 199 Å². The van der Waals surface area contributed by atoms with Gasteiger partial charge in [0.15, 0.2) is 5.65 Å². The number of aromatic nitrogens is 3. The van der Waals surface area contributed by atoms with Crippen LogP contribution in [0.15, 0.2) is 42.7 Å². The van der Waals surface area contributed by atoms with Crippen molar-refractivity contribution in [3.05, 3.63) is 48.3 Å². The van der Waals surface area contributed by atoms with E-state index in [1.54, 1.807) is 17.6 Å². The number of carbonyl (C=O) groups is 2. The first-order valence-corrected chi connectivity index (χ1v) is 11.1. The summed E-state index contributed by atoms with van der Waals surface area (Å²) in [5, 5.41) is 13.5. The molecule has 0 saturated heterocycles. The lowest BCUT2D eigenvalue weighted by Gasteiger charge is -2.19. The monoisotopic (exact) mass is 468 g/mol. The lowest BCUT2D eigenvalue weighted by molar-refractivity contribution is -0.142. The average Bonchev–Trinajstić information content (AvgIpc) is 3.22. The van der Waals surface area contributed by atoms with Crippen molar-refractivity contribution >= 4 is 23.5 Å². The van der Waals surface area contributed by atoms with Crippen molar-refractivity contribution in [1.29, 1.82) is 0 Å². The first-order valence-electron chi connectivity index (χ1n) is 11.1. The van der Waals surface area contributed by atoms with Gasteiger partial charge in [0, 0.05) is 31.4 Å². The van der Waals surface area contributed by atoms with Crippen LogP contribution in [0.25, 0.3) is 16.8 Å². The molecule has 0 spiro atoms. The normalized spacial score (nSPS) is 12.3. The van der Waals surface area contributed by atoms with Gasteiger partial charge in [-0.1, -0.05) is 18.2 Å². The van der Waals surface area contributed by atoms with E-state index in [2.05, 4.69) is 21.0 Å². The lowest BCUT2D eigenvalue weighted by Crippen LogP contribution is -2.35. The molecule has 182 valence electrons. The second-order valence-corrected chi connectivity index (χ2v) is 8.82. The second kappa shape index (κ2) is 11.0. The Morgan fingerprint density at radius 2 is 1.97 bits per heavy atom. The number of rotatable bonds is 9. The molecule has 3 aromatic rings. The molecule has 1 atom stereocenters. The van der Waals surface area contributed by atoms with E-state index in [1.165, 1.54) is 7.11 Å². The molecule has 2 aromatic heterocycles. The molecular weight excluding hydrogens is 436 g/mol. The van der Waals surface area contributed by atoms with Gasteiger partial charge in [0.25, 0.3) is 0 Å². The van der Waals surface area contributed by atoms with E-state index in [0.717, 1.165) is 16.7 Å². The zero-order valence-electron chi connectivity index (χ0n) is 20.2. The maximum atomic E-state index is 11.8. The summed E-state index contributed by atoms with van der Waals surface area (Å²) in [5.41, 5.74) is 3.05. The van der Waals surface area contributed by atoms with Crippen molar-refractivity contribution in [2.45, 2.75) is 45.9 Å². The molecule has 10 nitrogen and oxygen atoms in total. The molecule has 10 heteroatoms. The predicted octanol–water partition coefficient (Wildman–Crippen LogP) is 2.98. The summed E-state index contributed by atoms with van der Waals surface area (Å²) in [6.07, 6.45) is 3.16. The van der Waals surface area contributed by atoms with Crippen molar-refractivity contribution < 1.29 is 19.1 Å². The number of hydrogen-bond donors (Lipinski definition) is 3. The highest BCUT2D eigenvalue weighted by Crippen LogP contribution is 2.25. The molecule has 2 heterocycles. The summed E-state index contributed by atoms with van der Waals surface area (Å²) < 4.78 is 11.7. The zero-order valence-corrected chi connectivity index (χ0v) is 20.2. The van der Waals surface area contributed by atoms with Gasteiger partial charge < -0.3 is 25.4 Å². The number of hydrogen-bond acceptors (Lipinski definition) is 8. The van der Waals surface area contributed by atoms with E-state index in [1.807, 2.05) is 57.3 Å². The van der Waals surface area contributed by atoms with Crippen molar-refractivity contribution in [3.63, 3.8) is 0 Å². The van der Waals surface area contributed by atoms with Crippen LogP contribution >= 0.6 is 0 Å². The standard InChI is InChI=1S/C24H32N6O4/c1-16(22(31)33-5)27-14-17-7-6-8-18(13-17)19-15-28-30-12-9-20(29-21(19)30)25-10-11-26-23(32)34-24(2,3)4/h6-9,12-13,15-16,27H,10-11,14H2,1-5H3,(H,25,29)(H,26,32)/t16-/m1/s1. The Morgan fingerprint density at radius 3 is 2.71 bits per heavy atom. The van der Waals surface area contributed by atoms with Gasteiger partial charge in [-0.3, -0.25) is 4.79 Å². The second-order valence-electron chi connectivity index (χ2n) is 8.82. The largest absolute Gasteiger partial charge is 0.468 e. The van der Waals surface area contributed by atoms with Gasteiger partial charge in [-0.05, 0) is 51.0 Å². The molecule has 0 aliphatic rings. The van der Waals surface area contributed by atoms with Crippen LogP contribution in [0.3, 0.4) is 0 Å². The third kappa shape index (κ3) is 6.92. The Morgan fingerprint density at radius 1 is 1.18 bits per heavy atom. The molecule has 1 amide bonds. The summed E-state index contributed by atoms with van der Waals surface area (Å²) in [6.45, 7) is 8.64. The molecule has 0 saturated carbocycles. The summed E-state index contributed by atoms with van der Waals surface area (Å²) in [5.74, 6) is 0.370. The SMILES string of the molecule is COC(=O)[C@@H](C)NCc1cccc(-c2cnn3ccc(NCCNC(=O)OC(C)(C)C)nc23)c1. The van der Waals surface area contributed by atoms with Gasteiger partial charge in [-0.15, -0.1) is 0 Å². The molecule has 1 aromatic carbocycles. The smallest absolute Gasteiger partial charge is 0.407 e. The average molecular weight is 469 g/mol. The van der Waals surface area contributed by atoms with Crippen molar-refractivity contribution in [2.75, 3.05) is 25.5 Å². The Hall–Kier alpha value is -3.66. The zero-order chi connectivity index (χ0) is 24.7. The van der Waals surface area contributed by atoms with Gasteiger partial charge in [0.05, 0.1) is 13.3 Å². The number of benzene rings is 1. The van der Waals surface area contributed by atoms with E-state index in [9.17, 15) is 9.59 Å². The Bertz CT molecular complexity index is 1140. The number of carbonyl (C=O) groups excluding carboxylic acids is 2. The topological polar surface area (TPSA) is 119 Å². The number of amides is 1. The van der Waals surface area contributed by atoms with Gasteiger partial charge in [-0.25, -0.2) is 14.3 Å². The van der Waals surface area contributed by atoms with E-state index in [4.69, 9.17) is 14.5 Å². The highest BCUT2D eigenvalue weighted by Gasteiger charge is 2.16. The highest BCUT2D eigenvalue weighted by molar-refractivity contribution is 5.78. The van der Waals surface area contributed by atoms with Crippen LogP contribution in [0.1, 0.15) is 33.3 Å². The van der Waals surface area contributed by atoms with Crippen molar-refractivity contribution in [1.82, 2.24) is 25.2 Å². The van der Waals surface area contributed by atoms with E-state index >= 15 is 0 Å². The molecule has 0 aliphatic heterocycles. The van der Waals surface area contributed by atoms with Gasteiger partial charge in [0.1, 0.15) is 17.5 Å². The molecule has 0 radical (unpaired) electrons. The fourth-order valence-corrected chi connectivity index (χ4v) is 3.22. The number of anilines is 1. The van der Waals surface area contributed by atoms with E-state index in [-0.39, 0.29) is 5.97 Å². The maximum Gasteiger partial charge on any atom is 0.407 e. The number of ether oxygens (including phenoxy) is 2. The summed E-state index contributed by atoms with van der Waals surface area (Å²) in [6, 6.07) is 9.42.